The molecule has 2 atom stereocenters. The van der Waals surface area contributed by atoms with Gasteiger partial charge in [0, 0.05) is 0 Å². The van der Waals surface area contributed by atoms with Crippen LogP contribution in [0.25, 0.3) is 34.4 Å². The fraction of sp³-hybridized carbons (Fsp3) is 0.525. The summed E-state index contributed by atoms with van der Waals surface area (Å²) in [4.78, 5) is 0. The Morgan fingerprint density at radius 2 is 0.742 bits per heavy atom. The van der Waals surface area contributed by atoms with Gasteiger partial charge < -0.3 is 24.8 Å². The summed E-state index contributed by atoms with van der Waals surface area (Å²) in [6.07, 6.45) is 18.3. The van der Waals surface area contributed by atoms with Crippen LogP contribution in [0.1, 0.15) is 193 Å². The maximum Gasteiger partial charge on any atom is -1.00 e. The van der Waals surface area contributed by atoms with Crippen LogP contribution < -0.4 is 24.8 Å². The van der Waals surface area contributed by atoms with E-state index in [9.17, 15) is 0 Å². The van der Waals surface area contributed by atoms with E-state index in [1.165, 1.54) is 102 Å². The third-order valence-electron chi connectivity index (χ3n) is 16.2. The van der Waals surface area contributed by atoms with E-state index in [-0.39, 0.29) is 46.5 Å². The van der Waals surface area contributed by atoms with Crippen LogP contribution in [0.15, 0.2) is 83.9 Å². The number of allylic oxidation sites excluding steroid dienone is 2. The minimum Gasteiger partial charge on any atom is -1.00 e. The average molecular weight is 1030 g/mol. The first kappa shape index (κ1) is 47.8. The molecule has 1 aliphatic heterocycles. The molecule has 0 radical (unpaired) electrons. The maximum atomic E-state index is 2.84. The van der Waals surface area contributed by atoms with Crippen LogP contribution in [0.3, 0.4) is 0 Å². The average Bonchev–Trinajstić information content (AvgIpc) is 4.00. The van der Waals surface area contributed by atoms with Crippen LogP contribution >= 0.6 is 0 Å². The van der Waals surface area contributed by atoms with Gasteiger partial charge in [-0.1, -0.05) is 0 Å². The summed E-state index contributed by atoms with van der Waals surface area (Å²) in [5.41, 5.74) is 22.5. The van der Waals surface area contributed by atoms with Crippen LogP contribution in [-0.4, -0.2) is 0 Å². The van der Waals surface area contributed by atoms with Gasteiger partial charge in [0.25, 0.3) is 0 Å². The molecule has 5 aliphatic rings. The second kappa shape index (κ2) is 17.2. The van der Waals surface area contributed by atoms with Crippen molar-refractivity contribution >= 4 is 12.2 Å². The third kappa shape index (κ3) is 8.54. The molecule has 0 aromatic heterocycles. The van der Waals surface area contributed by atoms with E-state index in [2.05, 4.69) is 168 Å². The number of hydrogen-bond donors (Lipinski definition) is 0. The molecule has 4 aromatic carbocycles. The van der Waals surface area contributed by atoms with Gasteiger partial charge in [-0.05, 0) is 0 Å². The SMILES string of the molecule is CC(C)(C)c1cc(-c2cccc3c2C=C(C2CCCC2)[CH]3[Hf+2]2([CH]3C(C4CCCC4)=Cc4c(-c5cc(C(C)(C)C)cc(C(C)(C)C)c5)cccc43)[CH2]C[CH2]2)cc(C(C)(C)C)c1.[Cl-].[Cl-]. The Kier molecular flexibility index (Phi) is 13.3. The molecule has 0 N–H and O–H groups in total. The van der Waals surface area contributed by atoms with Gasteiger partial charge >= 0.3 is 373 Å². The summed E-state index contributed by atoms with van der Waals surface area (Å²) in [6, 6.07) is 30.4. The van der Waals surface area contributed by atoms with Crippen molar-refractivity contribution in [2.45, 2.75) is 178 Å². The molecule has 3 heteroatoms. The fourth-order valence-corrected chi connectivity index (χ4v) is 35.4. The van der Waals surface area contributed by atoms with Gasteiger partial charge in [-0.2, -0.15) is 0 Å². The predicted octanol–water partition coefficient (Wildman–Crippen LogP) is 11.6. The van der Waals surface area contributed by atoms with Crippen molar-refractivity contribution in [1.29, 1.82) is 0 Å². The molecule has 2 unspecified atom stereocenters. The summed E-state index contributed by atoms with van der Waals surface area (Å²) in [6.45, 7) is 28.7. The topological polar surface area (TPSA) is 0 Å². The summed E-state index contributed by atoms with van der Waals surface area (Å²) in [7, 11) is 0. The quantitative estimate of drug-likeness (QED) is 0.169. The van der Waals surface area contributed by atoms with E-state index in [4.69, 9.17) is 0 Å². The summed E-state index contributed by atoms with van der Waals surface area (Å²) < 4.78 is 4.48. The first-order valence-corrected chi connectivity index (χ1v) is 33.5. The van der Waals surface area contributed by atoms with Crippen LogP contribution in [0, 0.1) is 11.8 Å². The zero-order valence-corrected chi connectivity index (χ0v) is 45.5. The molecule has 330 valence electrons. The summed E-state index contributed by atoms with van der Waals surface area (Å²) in [5, 5.41) is 0. The molecule has 9 rings (SSSR count). The standard InChI is InChI=1S/2C28H35.C3H6.2ClH.Hf/c2*1-27(2,3)23-15-22(16-24(18-23)28(4,5)6)25-13-9-12-20-14-21(17-26(20)25)19-10-7-8-11-19;1-3-2;;;/h2*9,12-19H,7-8,10-11H2,1-6H3;1-3H2;2*1H;/q;;;;;+2/p-2. The Morgan fingerprint density at radius 3 is 1.02 bits per heavy atom. The molecule has 1 heterocycles. The Labute approximate surface area is 394 Å². The van der Waals surface area contributed by atoms with E-state index in [0.717, 1.165) is 11.8 Å². The third-order valence-corrected chi connectivity index (χ3v) is 38.4. The number of rotatable bonds is 6. The molecule has 2 saturated carbocycles. The molecule has 4 aliphatic carbocycles. The van der Waals surface area contributed by atoms with E-state index in [1.807, 2.05) is 11.1 Å². The number of halogens is 2. The van der Waals surface area contributed by atoms with Crippen molar-refractivity contribution in [3.63, 3.8) is 0 Å². The molecule has 1 saturated heterocycles. The van der Waals surface area contributed by atoms with Crippen LogP contribution in [0.4, 0.5) is 0 Å². The van der Waals surface area contributed by atoms with Gasteiger partial charge in [0.1, 0.15) is 0 Å². The molecule has 3 fully saturated rings. The zero-order chi connectivity index (χ0) is 42.6. The molecule has 0 nitrogen and oxygen atoms in total. The van der Waals surface area contributed by atoms with Gasteiger partial charge in [-0.15, -0.1) is 0 Å². The molecule has 0 spiro atoms. The zero-order valence-electron chi connectivity index (χ0n) is 40.4. The van der Waals surface area contributed by atoms with Crippen molar-refractivity contribution in [3.8, 4) is 22.3 Å². The van der Waals surface area contributed by atoms with E-state index in [1.54, 1.807) is 30.6 Å². The van der Waals surface area contributed by atoms with Crippen molar-refractivity contribution in [1.82, 2.24) is 0 Å². The van der Waals surface area contributed by atoms with Crippen molar-refractivity contribution in [2.24, 2.45) is 11.8 Å². The molecule has 0 amide bonds. The van der Waals surface area contributed by atoms with Crippen molar-refractivity contribution < 1.29 is 44.8 Å². The van der Waals surface area contributed by atoms with Crippen molar-refractivity contribution in [3.05, 3.63) is 128 Å². The van der Waals surface area contributed by atoms with Crippen LogP contribution in [-0.2, 0) is 41.6 Å². The minimum absolute atomic E-state index is 0. The van der Waals surface area contributed by atoms with E-state index in [0.29, 0.717) is 7.35 Å². The maximum absolute atomic E-state index is 3.30. The number of fused-ring (bicyclic) bond motifs is 2. The predicted molar refractivity (Wildman–Crippen MR) is 258 cm³/mol. The smallest absolute Gasteiger partial charge is 1.00 e. The monoisotopic (exact) mass is 1030 g/mol. The minimum atomic E-state index is -3.30. The van der Waals surface area contributed by atoms with Gasteiger partial charge in [0.2, 0.25) is 0 Å². The van der Waals surface area contributed by atoms with E-state index < -0.39 is 20.0 Å². The van der Waals surface area contributed by atoms with Crippen molar-refractivity contribution in [2.75, 3.05) is 0 Å². The first-order valence-electron chi connectivity index (χ1n) is 24.3. The first-order chi connectivity index (χ1) is 28.2. The van der Waals surface area contributed by atoms with Gasteiger partial charge in [0.15, 0.2) is 0 Å². The van der Waals surface area contributed by atoms with Crippen LogP contribution in [0.2, 0.25) is 8.35 Å². The Hall–Kier alpha value is -2.19. The van der Waals surface area contributed by atoms with Gasteiger partial charge in [0.05, 0.1) is 0 Å². The molecular weight excluding hydrogens is 958 g/mol. The molecule has 4 aromatic rings. The second-order valence-electron chi connectivity index (χ2n) is 24.4. The van der Waals surface area contributed by atoms with E-state index >= 15 is 0 Å². The molecule has 62 heavy (non-hydrogen) atoms. The molecular formula is C59H76Cl2Hf. The number of hydrogen-bond acceptors (Lipinski definition) is 0. The Bertz CT molecular complexity index is 2140. The normalized spacial score (nSPS) is 20.9. The second-order valence-corrected chi connectivity index (χ2v) is 41.0. The Morgan fingerprint density at radius 1 is 0.419 bits per heavy atom. The van der Waals surface area contributed by atoms with Gasteiger partial charge in [-0.3, -0.25) is 0 Å². The summed E-state index contributed by atoms with van der Waals surface area (Å²) in [5.74, 6) is 1.50. The Balaban J connectivity index is 0.00000289. The van der Waals surface area contributed by atoms with Crippen LogP contribution in [0.5, 0.6) is 0 Å². The summed E-state index contributed by atoms with van der Waals surface area (Å²) >= 11 is -3.30. The molecule has 0 bridgehead atoms. The largest absolute Gasteiger partial charge is 1.00 e. The van der Waals surface area contributed by atoms with Gasteiger partial charge in [-0.25, -0.2) is 0 Å². The fourth-order valence-electron chi connectivity index (χ4n) is 12.5. The number of benzene rings is 4.